The van der Waals surface area contributed by atoms with Crippen molar-refractivity contribution in [2.75, 3.05) is 17.2 Å². The Hall–Kier alpha value is -2.92. The third-order valence-electron chi connectivity index (χ3n) is 4.90. The van der Waals surface area contributed by atoms with Gasteiger partial charge in [0.05, 0.1) is 12.5 Å². The van der Waals surface area contributed by atoms with E-state index < -0.39 is 5.92 Å². The first-order valence-electron chi connectivity index (χ1n) is 9.40. The van der Waals surface area contributed by atoms with Crippen LogP contribution in [0, 0.1) is 5.92 Å². The molecule has 0 bridgehead atoms. The van der Waals surface area contributed by atoms with Crippen molar-refractivity contribution in [3.63, 3.8) is 0 Å². The third kappa shape index (κ3) is 4.67. The van der Waals surface area contributed by atoms with Gasteiger partial charge in [-0.25, -0.2) is 0 Å². The van der Waals surface area contributed by atoms with Gasteiger partial charge in [-0.1, -0.05) is 51.1 Å². The van der Waals surface area contributed by atoms with Gasteiger partial charge in [0.15, 0.2) is 0 Å². The summed E-state index contributed by atoms with van der Waals surface area (Å²) in [6.07, 6.45) is 3.76. The highest BCUT2D eigenvalue weighted by molar-refractivity contribution is 6.03. The summed E-state index contributed by atoms with van der Waals surface area (Å²) in [6, 6.07) is 13.5. The molecule has 146 valence electrons. The molecule has 2 aromatic carbocycles. The number of benzene rings is 2. The first kappa shape index (κ1) is 19.8. The Bertz CT molecular complexity index is 908. The van der Waals surface area contributed by atoms with Gasteiger partial charge in [0.2, 0.25) is 11.8 Å². The summed E-state index contributed by atoms with van der Waals surface area (Å²) in [5, 5.41) is 14.8. The summed E-state index contributed by atoms with van der Waals surface area (Å²) < 4.78 is 0. The molecule has 0 spiro atoms. The second-order valence-electron chi connectivity index (χ2n) is 8.14. The van der Waals surface area contributed by atoms with Crippen LogP contribution in [0.4, 0.5) is 11.4 Å². The van der Waals surface area contributed by atoms with E-state index in [2.05, 4.69) is 43.5 Å². The lowest BCUT2D eigenvalue weighted by molar-refractivity contribution is -0.121. The predicted octanol–water partition coefficient (Wildman–Crippen LogP) is 3.74. The number of amides is 2. The molecule has 0 saturated heterocycles. The third-order valence-corrected chi connectivity index (χ3v) is 4.90. The average Bonchev–Trinajstić information content (AvgIpc) is 2.65. The van der Waals surface area contributed by atoms with Crippen LogP contribution in [0.3, 0.4) is 0 Å². The van der Waals surface area contributed by atoms with Crippen LogP contribution in [0.5, 0.6) is 0 Å². The minimum absolute atomic E-state index is 0.0959. The summed E-state index contributed by atoms with van der Waals surface area (Å²) in [6.45, 7) is 6.31. The minimum atomic E-state index is -0.416. The van der Waals surface area contributed by atoms with E-state index in [9.17, 15) is 14.7 Å². The topological polar surface area (TPSA) is 78.4 Å². The molecule has 1 unspecified atom stereocenters. The number of hydrogen-bond donors (Lipinski definition) is 3. The fraction of sp³-hybridized carbons (Fsp3) is 0.304. The number of rotatable bonds is 4. The van der Waals surface area contributed by atoms with Crippen LogP contribution in [0.15, 0.2) is 48.5 Å². The molecule has 0 fully saturated rings. The maximum atomic E-state index is 12.2. The van der Waals surface area contributed by atoms with E-state index in [1.54, 1.807) is 18.2 Å². The zero-order chi connectivity index (χ0) is 20.3. The Morgan fingerprint density at radius 1 is 1.21 bits per heavy atom. The molecule has 3 rings (SSSR count). The van der Waals surface area contributed by atoms with Gasteiger partial charge < -0.3 is 15.7 Å². The lowest BCUT2D eigenvalue weighted by Crippen LogP contribution is -2.32. The fourth-order valence-corrected chi connectivity index (χ4v) is 3.14. The smallest absolute Gasteiger partial charge is 0.248 e. The molecule has 0 aromatic heterocycles. The van der Waals surface area contributed by atoms with Gasteiger partial charge in [-0.05, 0) is 46.7 Å². The Kier molecular flexibility index (Phi) is 5.66. The van der Waals surface area contributed by atoms with Crippen LogP contribution in [0.25, 0.3) is 6.08 Å². The summed E-state index contributed by atoms with van der Waals surface area (Å²) in [5.74, 6) is -0.854. The van der Waals surface area contributed by atoms with Crippen LogP contribution >= 0.6 is 0 Å². The number of aliphatic hydroxyl groups excluding tert-OH is 1. The van der Waals surface area contributed by atoms with Crippen molar-refractivity contribution in [1.29, 1.82) is 0 Å². The average molecular weight is 378 g/mol. The van der Waals surface area contributed by atoms with Crippen molar-refractivity contribution in [2.24, 2.45) is 5.92 Å². The lowest BCUT2D eigenvalue weighted by Gasteiger charge is -2.23. The van der Waals surface area contributed by atoms with Crippen LogP contribution in [0.1, 0.15) is 37.5 Å². The lowest BCUT2D eigenvalue weighted by atomic mass is 9.87. The van der Waals surface area contributed by atoms with Gasteiger partial charge in [0, 0.05) is 17.5 Å². The van der Waals surface area contributed by atoms with Gasteiger partial charge >= 0.3 is 0 Å². The molecule has 1 aliphatic heterocycles. The molecule has 0 radical (unpaired) electrons. The van der Waals surface area contributed by atoms with E-state index >= 15 is 0 Å². The van der Waals surface area contributed by atoms with E-state index in [-0.39, 0.29) is 23.8 Å². The van der Waals surface area contributed by atoms with Gasteiger partial charge in [0.1, 0.15) is 0 Å². The Labute approximate surface area is 165 Å². The molecule has 28 heavy (non-hydrogen) atoms. The fourth-order valence-electron chi connectivity index (χ4n) is 3.14. The SMILES string of the molecule is CC(C)(C)c1ccc(C=CC(=O)Nc2ccc3c(c2)NC(=O)C(CO)C3)cc1. The Balaban J connectivity index is 1.64. The number of anilines is 2. The quantitative estimate of drug-likeness (QED) is 0.709. The van der Waals surface area contributed by atoms with Crippen molar-refractivity contribution in [3.8, 4) is 0 Å². The van der Waals surface area contributed by atoms with Crippen molar-refractivity contribution >= 4 is 29.3 Å². The monoisotopic (exact) mass is 378 g/mol. The number of aliphatic hydroxyl groups is 1. The number of carbonyl (C=O) groups excluding carboxylic acids is 2. The van der Waals surface area contributed by atoms with Crippen molar-refractivity contribution in [1.82, 2.24) is 0 Å². The maximum Gasteiger partial charge on any atom is 0.248 e. The molecule has 2 amide bonds. The zero-order valence-electron chi connectivity index (χ0n) is 16.5. The highest BCUT2D eigenvalue weighted by atomic mass is 16.3. The second-order valence-corrected chi connectivity index (χ2v) is 8.14. The van der Waals surface area contributed by atoms with Crippen LogP contribution < -0.4 is 10.6 Å². The molecule has 0 saturated carbocycles. The zero-order valence-corrected chi connectivity index (χ0v) is 16.5. The molecule has 2 aromatic rings. The number of fused-ring (bicyclic) bond motifs is 1. The molecule has 5 heteroatoms. The highest BCUT2D eigenvalue weighted by Gasteiger charge is 2.25. The summed E-state index contributed by atoms with van der Waals surface area (Å²) >= 11 is 0. The molecule has 0 aliphatic carbocycles. The van der Waals surface area contributed by atoms with Crippen LogP contribution in [-0.4, -0.2) is 23.5 Å². The molecule has 1 aliphatic rings. The van der Waals surface area contributed by atoms with Crippen LogP contribution in [-0.2, 0) is 21.4 Å². The standard InChI is InChI=1S/C23H26N2O3/c1-23(2,3)18-8-4-15(5-9-18)6-11-21(27)24-19-10-7-16-12-17(14-26)22(28)25-20(16)13-19/h4-11,13,17,26H,12,14H2,1-3H3,(H,24,27)(H,25,28). The van der Waals surface area contributed by atoms with Crippen molar-refractivity contribution < 1.29 is 14.7 Å². The van der Waals surface area contributed by atoms with Crippen molar-refractivity contribution in [3.05, 3.63) is 65.2 Å². The predicted molar refractivity (Wildman–Crippen MR) is 112 cm³/mol. The number of nitrogens with one attached hydrogen (secondary N) is 2. The Morgan fingerprint density at radius 2 is 1.93 bits per heavy atom. The minimum Gasteiger partial charge on any atom is -0.396 e. The van der Waals surface area contributed by atoms with E-state index in [0.717, 1.165) is 11.1 Å². The molecule has 5 nitrogen and oxygen atoms in total. The summed E-state index contributed by atoms with van der Waals surface area (Å²) in [4.78, 5) is 24.1. The maximum absolute atomic E-state index is 12.2. The van der Waals surface area contributed by atoms with E-state index in [1.807, 2.05) is 18.2 Å². The molecule has 3 N–H and O–H groups in total. The highest BCUT2D eigenvalue weighted by Crippen LogP contribution is 2.28. The van der Waals surface area contributed by atoms with Gasteiger partial charge in [-0.2, -0.15) is 0 Å². The number of hydrogen-bond acceptors (Lipinski definition) is 3. The molecular formula is C23H26N2O3. The van der Waals surface area contributed by atoms with Crippen molar-refractivity contribution in [2.45, 2.75) is 32.6 Å². The van der Waals surface area contributed by atoms with Crippen LogP contribution in [0.2, 0.25) is 0 Å². The first-order valence-corrected chi connectivity index (χ1v) is 9.40. The Morgan fingerprint density at radius 3 is 2.57 bits per heavy atom. The van der Waals surface area contributed by atoms with E-state index in [0.29, 0.717) is 17.8 Å². The summed E-state index contributed by atoms with van der Waals surface area (Å²) in [5.41, 5.74) is 4.53. The van der Waals surface area contributed by atoms with E-state index in [1.165, 1.54) is 11.6 Å². The first-order chi connectivity index (χ1) is 13.3. The van der Waals surface area contributed by atoms with E-state index in [4.69, 9.17) is 0 Å². The summed E-state index contributed by atoms with van der Waals surface area (Å²) in [7, 11) is 0. The second kappa shape index (κ2) is 7.98. The number of carbonyl (C=O) groups is 2. The molecule has 1 atom stereocenters. The molecule has 1 heterocycles. The normalized spacial score (nSPS) is 16.6. The van der Waals surface area contributed by atoms with Gasteiger partial charge in [-0.15, -0.1) is 0 Å². The van der Waals surface area contributed by atoms with Gasteiger partial charge in [-0.3, -0.25) is 9.59 Å². The largest absolute Gasteiger partial charge is 0.396 e. The van der Waals surface area contributed by atoms with Gasteiger partial charge in [0.25, 0.3) is 0 Å². The molecular weight excluding hydrogens is 352 g/mol.